The topological polar surface area (TPSA) is 15.3 Å². The fourth-order valence-corrected chi connectivity index (χ4v) is 2.52. The van der Waals surface area contributed by atoms with Crippen molar-refractivity contribution in [3.05, 3.63) is 35.1 Å². The summed E-state index contributed by atoms with van der Waals surface area (Å²) in [5, 5.41) is 3.14. The minimum Gasteiger partial charge on any atom is -0.311 e. The van der Waals surface area contributed by atoms with E-state index in [0.717, 1.165) is 38.1 Å². The highest BCUT2D eigenvalue weighted by molar-refractivity contribution is 5.27. The summed E-state index contributed by atoms with van der Waals surface area (Å²) in [6.07, 6.45) is -2.40. The standard InChI is InChI=1S/C14H18F4N2/c1-20-6-2-3-11(20)9-19-8-10-4-5-13(15)12(7-10)14(16,17)18/h4-5,7,11,19H,2-3,6,8-9H2,1H3. The van der Waals surface area contributed by atoms with Crippen LogP contribution in [0.5, 0.6) is 0 Å². The predicted molar refractivity (Wildman–Crippen MR) is 68.8 cm³/mol. The third-order valence-corrected chi connectivity index (χ3v) is 3.72. The van der Waals surface area contributed by atoms with Crippen molar-refractivity contribution in [2.45, 2.75) is 31.6 Å². The minimum atomic E-state index is -4.65. The zero-order chi connectivity index (χ0) is 14.8. The normalized spacial score (nSPS) is 20.6. The van der Waals surface area contributed by atoms with E-state index in [2.05, 4.69) is 10.2 Å². The molecule has 2 nitrogen and oxygen atoms in total. The molecule has 2 rings (SSSR count). The predicted octanol–water partition coefficient (Wildman–Crippen LogP) is 3.03. The molecule has 6 heteroatoms. The van der Waals surface area contributed by atoms with E-state index < -0.39 is 17.6 Å². The molecule has 1 aromatic carbocycles. The zero-order valence-electron chi connectivity index (χ0n) is 11.3. The third kappa shape index (κ3) is 3.70. The van der Waals surface area contributed by atoms with Crippen LogP contribution in [0.25, 0.3) is 0 Å². The molecule has 0 aliphatic carbocycles. The van der Waals surface area contributed by atoms with Crippen LogP contribution in [-0.4, -0.2) is 31.1 Å². The van der Waals surface area contributed by atoms with Gasteiger partial charge in [0.15, 0.2) is 0 Å². The van der Waals surface area contributed by atoms with Gasteiger partial charge in [-0.05, 0) is 44.1 Å². The van der Waals surface area contributed by atoms with Gasteiger partial charge in [-0.15, -0.1) is 0 Å². The van der Waals surface area contributed by atoms with E-state index in [9.17, 15) is 17.6 Å². The van der Waals surface area contributed by atoms with Crippen LogP contribution in [0.4, 0.5) is 17.6 Å². The average Bonchev–Trinajstić information content (AvgIpc) is 2.76. The molecule has 1 N–H and O–H groups in total. The number of rotatable bonds is 4. The van der Waals surface area contributed by atoms with Gasteiger partial charge in [0.1, 0.15) is 5.82 Å². The number of nitrogens with zero attached hydrogens (tertiary/aromatic N) is 1. The quantitative estimate of drug-likeness (QED) is 0.858. The number of hydrogen-bond acceptors (Lipinski definition) is 2. The van der Waals surface area contributed by atoms with E-state index in [1.54, 1.807) is 0 Å². The minimum absolute atomic E-state index is 0.313. The Labute approximate surface area is 115 Å². The third-order valence-electron chi connectivity index (χ3n) is 3.72. The van der Waals surface area contributed by atoms with Crippen LogP contribution in [0.2, 0.25) is 0 Å². The molecule has 1 unspecified atom stereocenters. The number of nitrogens with one attached hydrogen (secondary N) is 1. The van der Waals surface area contributed by atoms with Crippen LogP contribution in [0.3, 0.4) is 0 Å². The van der Waals surface area contributed by atoms with Crippen LogP contribution in [-0.2, 0) is 12.7 Å². The molecule has 1 heterocycles. The van der Waals surface area contributed by atoms with Gasteiger partial charge < -0.3 is 10.2 Å². The van der Waals surface area contributed by atoms with Gasteiger partial charge in [0, 0.05) is 19.1 Å². The molecule has 0 amide bonds. The highest BCUT2D eigenvalue weighted by Gasteiger charge is 2.34. The smallest absolute Gasteiger partial charge is 0.311 e. The average molecular weight is 290 g/mol. The Kier molecular flexibility index (Phi) is 4.65. The summed E-state index contributed by atoms with van der Waals surface area (Å²) in [5.41, 5.74) is -0.755. The van der Waals surface area contributed by atoms with Crippen molar-refractivity contribution >= 4 is 0 Å². The van der Waals surface area contributed by atoms with E-state index in [-0.39, 0.29) is 0 Å². The van der Waals surface area contributed by atoms with E-state index in [1.165, 1.54) is 6.07 Å². The van der Waals surface area contributed by atoms with Crippen LogP contribution in [0.1, 0.15) is 24.0 Å². The van der Waals surface area contributed by atoms with Gasteiger partial charge in [0.2, 0.25) is 0 Å². The molecular weight excluding hydrogens is 272 g/mol. The van der Waals surface area contributed by atoms with Gasteiger partial charge in [-0.1, -0.05) is 6.07 Å². The van der Waals surface area contributed by atoms with Crippen molar-refractivity contribution in [1.82, 2.24) is 10.2 Å². The maximum atomic E-state index is 13.1. The molecule has 0 radical (unpaired) electrons. The lowest BCUT2D eigenvalue weighted by atomic mass is 10.1. The number of hydrogen-bond donors (Lipinski definition) is 1. The van der Waals surface area contributed by atoms with Gasteiger partial charge in [-0.3, -0.25) is 0 Å². The Bertz CT molecular complexity index is 459. The Morgan fingerprint density at radius 1 is 1.35 bits per heavy atom. The van der Waals surface area contributed by atoms with E-state index >= 15 is 0 Å². The molecule has 1 aromatic rings. The molecule has 0 spiro atoms. The summed E-state index contributed by atoms with van der Waals surface area (Å²) in [5.74, 6) is -1.23. The Balaban J connectivity index is 1.93. The summed E-state index contributed by atoms with van der Waals surface area (Å²) in [7, 11) is 2.04. The molecule has 1 saturated heterocycles. The maximum Gasteiger partial charge on any atom is 0.419 e. The lowest BCUT2D eigenvalue weighted by Gasteiger charge is -2.20. The molecule has 1 aliphatic heterocycles. The van der Waals surface area contributed by atoms with Crippen molar-refractivity contribution in [2.24, 2.45) is 0 Å². The molecule has 20 heavy (non-hydrogen) atoms. The largest absolute Gasteiger partial charge is 0.419 e. The molecule has 1 fully saturated rings. The number of likely N-dealkylation sites (N-methyl/N-ethyl adjacent to an activating group) is 1. The van der Waals surface area contributed by atoms with Gasteiger partial charge in [-0.2, -0.15) is 13.2 Å². The highest BCUT2D eigenvalue weighted by atomic mass is 19.4. The molecule has 0 aromatic heterocycles. The van der Waals surface area contributed by atoms with Crippen LogP contribution in [0.15, 0.2) is 18.2 Å². The second-order valence-electron chi connectivity index (χ2n) is 5.22. The second kappa shape index (κ2) is 6.10. The Morgan fingerprint density at radius 2 is 2.10 bits per heavy atom. The molecule has 112 valence electrons. The maximum absolute atomic E-state index is 13.1. The summed E-state index contributed by atoms with van der Waals surface area (Å²) >= 11 is 0. The first-order valence-corrected chi connectivity index (χ1v) is 6.64. The zero-order valence-corrected chi connectivity index (χ0v) is 11.3. The van der Waals surface area contributed by atoms with Gasteiger partial charge in [0.25, 0.3) is 0 Å². The van der Waals surface area contributed by atoms with Crippen molar-refractivity contribution in [1.29, 1.82) is 0 Å². The second-order valence-corrected chi connectivity index (χ2v) is 5.22. The molecule has 1 aliphatic rings. The summed E-state index contributed by atoms with van der Waals surface area (Å²) in [6.45, 7) is 2.10. The molecule has 0 bridgehead atoms. The lowest BCUT2D eigenvalue weighted by molar-refractivity contribution is -0.140. The Morgan fingerprint density at radius 3 is 2.70 bits per heavy atom. The summed E-state index contributed by atoms with van der Waals surface area (Å²) < 4.78 is 50.9. The van der Waals surface area contributed by atoms with E-state index in [4.69, 9.17) is 0 Å². The van der Waals surface area contributed by atoms with Gasteiger partial charge in [0.05, 0.1) is 5.56 Å². The Hall–Kier alpha value is -1.14. The first-order valence-electron chi connectivity index (χ1n) is 6.64. The first kappa shape index (κ1) is 15.3. The molecule has 0 saturated carbocycles. The number of halogens is 4. The summed E-state index contributed by atoms with van der Waals surface area (Å²) in [4.78, 5) is 2.23. The SMILES string of the molecule is CN1CCCC1CNCc1ccc(F)c(C(F)(F)F)c1. The molecule has 1 atom stereocenters. The molecular formula is C14H18F4N2. The van der Waals surface area contributed by atoms with Crippen molar-refractivity contribution < 1.29 is 17.6 Å². The van der Waals surface area contributed by atoms with Crippen LogP contribution in [0, 0.1) is 5.82 Å². The lowest BCUT2D eigenvalue weighted by Crippen LogP contribution is -2.35. The first-order chi connectivity index (χ1) is 9.38. The highest BCUT2D eigenvalue weighted by Crippen LogP contribution is 2.31. The van der Waals surface area contributed by atoms with Crippen molar-refractivity contribution in [3.63, 3.8) is 0 Å². The fraction of sp³-hybridized carbons (Fsp3) is 0.571. The fourth-order valence-electron chi connectivity index (χ4n) is 2.52. The van der Waals surface area contributed by atoms with Gasteiger partial charge >= 0.3 is 6.18 Å². The number of likely N-dealkylation sites (tertiary alicyclic amines) is 1. The van der Waals surface area contributed by atoms with Crippen molar-refractivity contribution in [2.75, 3.05) is 20.1 Å². The number of alkyl halides is 3. The van der Waals surface area contributed by atoms with Crippen LogP contribution < -0.4 is 5.32 Å². The van der Waals surface area contributed by atoms with E-state index in [0.29, 0.717) is 18.2 Å². The van der Waals surface area contributed by atoms with Crippen molar-refractivity contribution in [3.8, 4) is 0 Å². The van der Waals surface area contributed by atoms with Crippen LogP contribution >= 0.6 is 0 Å². The van der Waals surface area contributed by atoms with Gasteiger partial charge in [-0.25, -0.2) is 4.39 Å². The summed E-state index contributed by atoms with van der Waals surface area (Å²) in [6, 6.07) is 3.57. The monoisotopic (exact) mass is 290 g/mol. The number of benzene rings is 1. The van der Waals surface area contributed by atoms with E-state index in [1.807, 2.05) is 7.05 Å².